The molecule has 7 N–H and O–H groups in total. The molecule has 0 radical (unpaired) electrons. The molecule has 6 aromatic heterocycles. The highest BCUT2D eigenvalue weighted by molar-refractivity contribution is 6.00. The number of amides is 3. The second-order valence-corrected chi connectivity index (χ2v) is 24.2. The van der Waals surface area contributed by atoms with Crippen molar-refractivity contribution in [2.75, 3.05) is 43.4 Å². The van der Waals surface area contributed by atoms with Crippen molar-refractivity contribution in [2.45, 2.75) is 97.8 Å². The standard InChI is InChI=1S/C26H26N6O2.C25H22N6O2.C25H24N6O2.3CH4/c1-2-22(33)30-18-10-12-19(13-11-18)32-26-23(25(27)28-16-29-26)24(31-32)17-8-14-21(15-9-17)34-20-6-4-3-5-7-20;1-2-21(32)30-14-6-7-18(15-30)31-25-22(24(26)27-16-28-25)23(29-31)17-10-12-20(13-11-17)33-19-8-4-3-5-9-19;1-2-21(32)30-14-12-18(13-15-30)31-25-22(24(26)27-16-28-25)23(29-31)17-8-10-20(11-9-17)33-19-6-4-3-5-7-19;;;/h2-9,14-16,18-19H,1,10-13H2,(H,30,33)(H2,27,28,29);1,3-5,8-13,16,18H,6-7,14-15H2,(H2,26,27,28);2-11,16,18H,1,12-15H2,(H2,26,27,28);3*1H4. The molecule has 1 unspecified atom stereocenters. The van der Waals surface area contributed by atoms with Gasteiger partial charge in [0.1, 0.15) is 88.0 Å². The Morgan fingerprint density at radius 3 is 1.17 bits per heavy atom. The van der Waals surface area contributed by atoms with Crippen LogP contribution < -0.4 is 36.7 Å². The number of hydrogen-bond acceptors (Lipinski definition) is 18. The lowest BCUT2D eigenvalue weighted by Gasteiger charge is -2.31. The van der Waals surface area contributed by atoms with E-state index in [9.17, 15) is 14.4 Å². The van der Waals surface area contributed by atoms with Gasteiger partial charge in [-0.15, -0.1) is 6.42 Å². The van der Waals surface area contributed by atoms with Crippen LogP contribution in [0.25, 0.3) is 66.9 Å². The van der Waals surface area contributed by atoms with E-state index in [-0.39, 0.29) is 64.2 Å². The zero-order valence-corrected chi connectivity index (χ0v) is 54.7. The SMILES string of the molecule is C.C.C.C#CC(=O)N1CCCC(n2nc(-c3ccc(Oc4ccccc4)cc3)c3c(N)ncnc32)C1.C=CC(=O)N1CCC(n2nc(-c3ccc(Oc4ccccc4)cc3)c3c(N)ncnc32)CC1.C=CC(=O)NC1CCC(n2nc(-c3ccc(Oc4ccccc4)cc3)c3c(N)ncnc32)CC1. The molecule has 3 aliphatic rings. The molecule has 15 rings (SSSR count). The summed E-state index contributed by atoms with van der Waals surface area (Å²) in [6.07, 6.45) is 19.1. The number of piperidine rings is 2. The van der Waals surface area contributed by atoms with Gasteiger partial charge in [-0.1, -0.05) is 90.0 Å². The zero-order valence-electron chi connectivity index (χ0n) is 54.7. The van der Waals surface area contributed by atoms with E-state index in [0.717, 1.165) is 125 Å². The van der Waals surface area contributed by atoms with Gasteiger partial charge in [0.25, 0.3) is 5.91 Å². The maximum Gasteiger partial charge on any atom is 0.298 e. The summed E-state index contributed by atoms with van der Waals surface area (Å²) in [5.74, 6) is 7.40. The number of anilines is 3. The average molecular weight is 1380 g/mol. The topological polar surface area (TPSA) is 306 Å². The average Bonchev–Trinajstić information content (AvgIpc) is 1.63. The minimum atomic E-state index is -0.306. The molecule has 12 aromatic rings. The van der Waals surface area contributed by atoms with Crippen LogP contribution in [0.4, 0.5) is 17.5 Å². The first-order valence-electron chi connectivity index (χ1n) is 33.0. The molecule has 2 saturated heterocycles. The number of benzene rings is 6. The molecule has 0 bridgehead atoms. The van der Waals surface area contributed by atoms with Crippen molar-refractivity contribution in [1.82, 2.24) is 74.4 Å². The number of terminal acetylenes is 1. The Balaban J connectivity index is 0.000000164. The van der Waals surface area contributed by atoms with Crippen molar-refractivity contribution in [1.29, 1.82) is 0 Å². The lowest BCUT2D eigenvalue weighted by Crippen LogP contribution is -2.40. The largest absolute Gasteiger partial charge is 0.457 e. The van der Waals surface area contributed by atoms with Crippen LogP contribution in [0.5, 0.6) is 34.5 Å². The van der Waals surface area contributed by atoms with Crippen LogP contribution in [0.2, 0.25) is 0 Å². The fourth-order valence-corrected chi connectivity index (χ4v) is 12.9. The number of para-hydroxylation sites is 3. The number of carbonyl (C=O) groups excluding carboxylic acids is 3. The number of nitrogens with zero attached hydrogens (tertiary/aromatic N) is 14. The molecule has 3 fully saturated rings. The molecule has 3 amide bonds. The quantitative estimate of drug-likeness (QED) is 0.0547. The second kappa shape index (κ2) is 33.4. The number of nitrogens with two attached hydrogens (primary N) is 3. The Bertz CT molecular complexity index is 4930. The van der Waals surface area contributed by atoms with Gasteiger partial charge in [0.15, 0.2) is 16.9 Å². The van der Waals surface area contributed by atoms with E-state index in [1.54, 1.807) is 4.90 Å². The molecule has 24 heteroatoms. The van der Waals surface area contributed by atoms with Crippen LogP contribution in [0.15, 0.2) is 208 Å². The van der Waals surface area contributed by atoms with Crippen molar-refractivity contribution < 1.29 is 28.6 Å². The van der Waals surface area contributed by atoms with Gasteiger partial charge in [0.05, 0.1) is 34.3 Å². The van der Waals surface area contributed by atoms with Crippen molar-refractivity contribution >= 4 is 68.3 Å². The Hall–Kier alpha value is -12.8. The highest BCUT2D eigenvalue weighted by Gasteiger charge is 2.31. The molecule has 2 aliphatic heterocycles. The molecule has 1 aliphatic carbocycles. The van der Waals surface area contributed by atoms with Gasteiger partial charge in [0.2, 0.25) is 11.8 Å². The molecule has 1 atom stereocenters. The summed E-state index contributed by atoms with van der Waals surface area (Å²) in [5, 5.41) is 19.9. The Kier molecular flexibility index (Phi) is 23.6. The zero-order chi connectivity index (χ0) is 69.1. The number of hydrogen-bond donors (Lipinski definition) is 4. The summed E-state index contributed by atoms with van der Waals surface area (Å²) >= 11 is 0. The molecular weight excluding hydrogens is 1300 g/mol. The van der Waals surface area contributed by atoms with Crippen molar-refractivity contribution in [3.63, 3.8) is 0 Å². The third-order valence-electron chi connectivity index (χ3n) is 17.9. The van der Waals surface area contributed by atoms with E-state index in [2.05, 4.69) is 54.3 Å². The first kappa shape index (κ1) is 73.0. The van der Waals surface area contributed by atoms with Crippen LogP contribution in [-0.4, -0.2) is 119 Å². The van der Waals surface area contributed by atoms with Gasteiger partial charge < -0.3 is 46.5 Å². The lowest BCUT2D eigenvalue weighted by molar-refractivity contribution is -0.127. The van der Waals surface area contributed by atoms with Gasteiger partial charge in [-0.05, 0) is 179 Å². The minimum absolute atomic E-state index is 0. The summed E-state index contributed by atoms with van der Waals surface area (Å²) in [6.45, 7) is 9.54. The first-order chi connectivity index (χ1) is 48.9. The molecule has 24 nitrogen and oxygen atoms in total. The second-order valence-electron chi connectivity index (χ2n) is 24.2. The van der Waals surface area contributed by atoms with E-state index < -0.39 is 0 Å². The van der Waals surface area contributed by atoms with E-state index in [1.165, 1.54) is 31.1 Å². The van der Waals surface area contributed by atoms with Gasteiger partial charge in [-0.2, -0.15) is 15.3 Å². The van der Waals surface area contributed by atoms with E-state index in [4.69, 9.17) is 53.1 Å². The normalized spacial score (nSPS) is 15.6. The highest BCUT2D eigenvalue weighted by Crippen LogP contribution is 2.40. The van der Waals surface area contributed by atoms with Gasteiger partial charge in [-0.25, -0.2) is 43.9 Å². The minimum Gasteiger partial charge on any atom is -0.457 e. The number of rotatable bonds is 15. The maximum atomic E-state index is 12.1. The third kappa shape index (κ3) is 16.4. The van der Waals surface area contributed by atoms with Gasteiger partial charge in [0, 0.05) is 48.9 Å². The fraction of sp³-hybridized carbons (Fsp3) is 0.241. The van der Waals surface area contributed by atoms with Crippen LogP contribution in [-0.2, 0) is 14.4 Å². The Labute approximate surface area is 598 Å². The molecule has 1 saturated carbocycles. The summed E-state index contributed by atoms with van der Waals surface area (Å²) < 4.78 is 23.5. The van der Waals surface area contributed by atoms with E-state index in [0.29, 0.717) is 71.8 Å². The number of likely N-dealkylation sites (tertiary alicyclic amines) is 2. The smallest absolute Gasteiger partial charge is 0.298 e. The van der Waals surface area contributed by atoms with Crippen LogP contribution in [0.1, 0.15) is 91.8 Å². The number of aromatic nitrogens is 12. The van der Waals surface area contributed by atoms with Crippen molar-refractivity contribution in [3.8, 4) is 80.6 Å². The molecule has 0 spiro atoms. The predicted molar refractivity (Wildman–Crippen MR) is 404 cm³/mol. The molecule has 103 heavy (non-hydrogen) atoms. The third-order valence-corrected chi connectivity index (χ3v) is 17.9. The molecular formula is C79H84N18O6. The molecule has 6 aromatic carbocycles. The number of carbonyl (C=O) groups is 3. The van der Waals surface area contributed by atoms with Crippen LogP contribution in [0, 0.1) is 12.3 Å². The number of nitrogen functional groups attached to an aromatic ring is 3. The first-order valence-corrected chi connectivity index (χ1v) is 33.0. The summed E-state index contributed by atoms with van der Waals surface area (Å²) in [7, 11) is 0. The van der Waals surface area contributed by atoms with Crippen molar-refractivity contribution in [3.05, 3.63) is 208 Å². The van der Waals surface area contributed by atoms with Crippen LogP contribution >= 0.6 is 0 Å². The number of fused-ring (bicyclic) bond motifs is 3. The van der Waals surface area contributed by atoms with E-state index in [1.807, 2.05) is 183 Å². The maximum absolute atomic E-state index is 12.1. The summed E-state index contributed by atoms with van der Waals surface area (Å²) in [5.41, 5.74) is 25.7. The lowest BCUT2D eigenvalue weighted by atomic mass is 9.91. The molecule has 8 heterocycles. The molecule has 526 valence electrons. The van der Waals surface area contributed by atoms with E-state index >= 15 is 0 Å². The van der Waals surface area contributed by atoms with Crippen LogP contribution in [0.3, 0.4) is 0 Å². The Morgan fingerprint density at radius 2 is 0.806 bits per heavy atom. The predicted octanol–water partition coefficient (Wildman–Crippen LogP) is 14.4. The van der Waals surface area contributed by atoms with Crippen molar-refractivity contribution in [2.24, 2.45) is 0 Å². The Morgan fingerprint density at radius 1 is 0.447 bits per heavy atom. The number of ether oxygens (including phenoxy) is 3. The summed E-state index contributed by atoms with van der Waals surface area (Å²) in [6, 6.07) is 52.4. The monoisotopic (exact) mass is 1380 g/mol. The number of nitrogens with one attached hydrogen (secondary N) is 1. The summed E-state index contributed by atoms with van der Waals surface area (Å²) in [4.78, 5) is 65.2. The fourth-order valence-electron chi connectivity index (χ4n) is 12.9. The van der Waals surface area contributed by atoms with Gasteiger partial charge >= 0.3 is 0 Å². The highest BCUT2D eigenvalue weighted by atomic mass is 16.5. The van der Waals surface area contributed by atoms with Gasteiger partial charge in [-0.3, -0.25) is 14.4 Å².